The Balaban J connectivity index is 1.96. The van der Waals surface area contributed by atoms with Gasteiger partial charge in [0.05, 0.1) is 0 Å². The van der Waals surface area contributed by atoms with Crippen LogP contribution in [-0.4, -0.2) is 24.0 Å². The number of fused-ring (bicyclic) bond motifs is 1. The zero-order valence-electron chi connectivity index (χ0n) is 11.8. The van der Waals surface area contributed by atoms with Gasteiger partial charge in [-0.05, 0) is 43.5 Å². The van der Waals surface area contributed by atoms with Crippen molar-refractivity contribution in [1.82, 2.24) is 4.90 Å². The number of piperidine rings is 1. The number of likely N-dealkylation sites (tertiary alicyclic amines) is 1. The number of benzene rings is 1. The quantitative estimate of drug-likeness (QED) is 0.850. The maximum absolute atomic E-state index is 11.7. The molecule has 0 aliphatic carbocycles. The topological polar surface area (TPSA) is 59.5 Å². The zero-order valence-corrected chi connectivity index (χ0v) is 11.8. The summed E-state index contributed by atoms with van der Waals surface area (Å²) < 4.78 is 5.29. The number of hydrogen-bond donors (Lipinski definition) is 1. The normalized spacial score (nSPS) is 20.4. The van der Waals surface area contributed by atoms with Crippen molar-refractivity contribution < 1.29 is 4.42 Å². The van der Waals surface area contributed by atoms with Crippen LogP contribution in [0.4, 0.5) is 0 Å². The monoisotopic (exact) mass is 272 g/mol. The molecule has 2 N–H and O–H groups in total. The Bertz CT molecular complexity index is 678. The lowest BCUT2D eigenvalue weighted by Gasteiger charge is -2.30. The highest BCUT2D eigenvalue weighted by Gasteiger charge is 2.18. The van der Waals surface area contributed by atoms with Crippen LogP contribution in [0.1, 0.15) is 24.0 Å². The summed E-state index contributed by atoms with van der Waals surface area (Å²) in [6, 6.07) is 7.86. The SMILES string of the molecule is Cc1ccc2c(CN3CCC[C@@H](N)C3)cc(=O)oc2c1. The second-order valence-corrected chi connectivity index (χ2v) is 5.73. The molecule has 1 fully saturated rings. The van der Waals surface area contributed by atoms with Crippen LogP contribution < -0.4 is 11.4 Å². The Morgan fingerprint density at radius 2 is 2.25 bits per heavy atom. The summed E-state index contributed by atoms with van der Waals surface area (Å²) in [6.07, 6.45) is 2.22. The Labute approximate surface area is 118 Å². The predicted molar refractivity (Wildman–Crippen MR) is 79.7 cm³/mol. The maximum Gasteiger partial charge on any atom is 0.336 e. The van der Waals surface area contributed by atoms with Gasteiger partial charge in [0.2, 0.25) is 0 Å². The van der Waals surface area contributed by atoms with Gasteiger partial charge in [0, 0.05) is 30.6 Å². The van der Waals surface area contributed by atoms with Gasteiger partial charge in [0.25, 0.3) is 0 Å². The van der Waals surface area contributed by atoms with E-state index in [2.05, 4.69) is 4.90 Å². The first kappa shape index (κ1) is 13.3. The maximum atomic E-state index is 11.7. The van der Waals surface area contributed by atoms with Gasteiger partial charge in [0.15, 0.2) is 0 Å². The molecule has 0 bridgehead atoms. The average molecular weight is 272 g/mol. The fourth-order valence-corrected chi connectivity index (χ4v) is 2.94. The van der Waals surface area contributed by atoms with Gasteiger partial charge in [0.1, 0.15) is 5.58 Å². The Morgan fingerprint density at radius 1 is 1.40 bits per heavy atom. The minimum Gasteiger partial charge on any atom is -0.423 e. The Kier molecular flexibility index (Phi) is 3.59. The van der Waals surface area contributed by atoms with Crippen molar-refractivity contribution in [2.24, 2.45) is 5.73 Å². The van der Waals surface area contributed by atoms with E-state index in [0.717, 1.165) is 49.0 Å². The molecule has 4 nitrogen and oxygen atoms in total. The lowest BCUT2D eigenvalue weighted by atomic mass is 10.0. The lowest BCUT2D eigenvalue weighted by Crippen LogP contribution is -2.42. The first-order valence-corrected chi connectivity index (χ1v) is 7.13. The van der Waals surface area contributed by atoms with Crippen molar-refractivity contribution in [2.75, 3.05) is 13.1 Å². The highest BCUT2D eigenvalue weighted by molar-refractivity contribution is 5.80. The summed E-state index contributed by atoms with van der Waals surface area (Å²) in [7, 11) is 0. The first-order valence-electron chi connectivity index (χ1n) is 7.13. The third-order valence-corrected chi connectivity index (χ3v) is 3.92. The Hall–Kier alpha value is -1.65. The van der Waals surface area contributed by atoms with Gasteiger partial charge in [-0.1, -0.05) is 12.1 Å². The van der Waals surface area contributed by atoms with Crippen molar-refractivity contribution >= 4 is 11.0 Å². The van der Waals surface area contributed by atoms with Crippen molar-refractivity contribution in [3.63, 3.8) is 0 Å². The van der Waals surface area contributed by atoms with Crippen LogP contribution in [0.3, 0.4) is 0 Å². The van der Waals surface area contributed by atoms with E-state index in [-0.39, 0.29) is 11.7 Å². The van der Waals surface area contributed by atoms with Crippen molar-refractivity contribution in [3.8, 4) is 0 Å². The Morgan fingerprint density at radius 3 is 3.05 bits per heavy atom. The van der Waals surface area contributed by atoms with Crippen LogP contribution in [-0.2, 0) is 6.54 Å². The predicted octanol–water partition coefficient (Wildman–Crippen LogP) is 2.02. The second-order valence-electron chi connectivity index (χ2n) is 5.73. The molecular weight excluding hydrogens is 252 g/mol. The van der Waals surface area contributed by atoms with Crippen LogP contribution in [0.15, 0.2) is 33.5 Å². The van der Waals surface area contributed by atoms with Crippen molar-refractivity contribution in [3.05, 3.63) is 45.8 Å². The smallest absolute Gasteiger partial charge is 0.336 e. The van der Waals surface area contributed by atoms with E-state index in [1.54, 1.807) is 6.07 Å². The summed E-state index contributed by atoms with van der Waals surface area (Å²) in [6.45, 7) is 4.70. The van der Waals surface area contributed by atoms with Crippen LogP contribution in [0.5, 0.6) is 0 Å². The summed E-state index contributed by atoms with van der Waals surface area (Å²) in [5.41, 5.74) is 8.54. The molecule has 0 unspecified atom stereocenters. The fraction of sp³-hybridized carbons (Fsp3) is 0.438. The third kappa shape index (κ3) is 2.76. The summed E-state index contributed by atoms with van der Waals surface area (Å²) in [5, 5.41) is 1.02. The highest BCUT2D eigenvalue weighted by atomic mass is 16.4. The summed E-state index contributed by atoms with van der Waals surface area (Å²) in [5.74, 6) is 0. The van der Waals surface area contributed by atoms with Gasteiger partial charge in [-0.2, -0.15) is 0 Å². The van der Waals surface area contributed by atoms with Gasteiger partial charge < -0.3 is 10.2 Å². The highest BCUT2D eigenvalue weighted by Crippen LogP contribution is 2.21. The number of nitrogens with two attached hydrogens (primary N) is 1. The first-order chi connectivity index (χ1) is 9.61. The van der Waals surface area contributed by atoms with Crippen LogP contribution in [0.25, 0.3) is 11.0 Å². The zero-order chi connectivity index (χ0) is 14.1. The molecule has 20 heavy (non-hydrogen) atoms. The van der Waals surface area contributed by atoms with E-state index in [0.29, 0.717) is 5.58 Å². The summed E-state index contributed by atoms with van der Waals surface area (Å²) >= 11 is 0. The fourth-order valence-electron chi connectivity index (χ4n) is 2.94. The second kappa shape index (κ2) is 5.38. The molecule has 1 aromatic carbocycles. The van der Waals surface area contributed by atoms with Gasteiger partial charge >= 0.3 is 5.63 Å². The van der Waals surface area contributed by atoms with Crippen LogP contribution >= 0.6 is 0 Å². The van der Waals surface area contributed by atoms with Gasteiger partial charge in [-0.15, -0.1) is 0 Å². The van der Waals surface area contributed by atoms with E-state index in [1.165, 1.54) is 0 Å². The molecule has 1 saturated heterocycles. The molecule has 106 valence electrons. The molecule has 0 saturated carbocycles. The molecule has 0 amide bonds. The van der Waals surface area contributed by atoms with E-state index >= 15 is 0 Å². The van der Waals surface area contributed by atoms with E-state index in [1.807, 2.05) is 25.1 Å². The molecule has 1 aliphatic heterocycles. The standard InChI is InChI=1S/C16H20N2O2/c1-11-4-5-14-12(8-16(19)20-15(14)7-11)9-18-6-2-3-13(17)10-18/h4-5,7-8,13H,2-3,6,9-10,17H2,1H3/t13-/m1/s1. The summed E-state index contributed by atoms with van der Waals surface area (Å²) in [4.78, 5) is 14.0. The van der Waals surface area contributed by atoms with Gasteiger partial charge in [-0.3, -0.25) is 4.90 Å². The molecular formula is C16H20N2O2. The molecule has 1 aliphatic rings. The third-order valence-electron chi connectivity index (χ3n) is 3.92. The molecule has 1 atom stereocenters. The minimum atomic E-state index is -0.278. The molecule has 2 aromatic rings. The van der Waals surface area contributed by atoms with Crippen LogP contribution in [0.2, 0.25) is 0 Å². The average Bonchev–Trinajstić information content (AvgIpc) is 2.37. The van der Waals surface area contributed by atoms with Crippen molar-refractivity contribution in [2.45, 2.75) is 32.4 Å². The largest absolute Gasteiger partial charge is 0.423 e. The van der Waals surface area contributed by atoms with E-state index < -0.39 is 0 Å². The van der Waals surface area contributed by atoms with Crippen molar-refractivity contribution in [1.29, 1.82) is 0 Å². The minimum absolute atomic E-state index is 0.248. The van der Waals surface area contributed by atoms with Gasteiger partial charge in [-0.25, -0.2) is 4.79 Å². The number of hydrogen-bond acceptors (Lipinski definition) is 4. The molecule has 3 rings (SSSR count). The molecule has 0 radical (unpaired) electrons. The number of rotatable bonds is 2. The van der Waals surface area contributed by atoms with E-state index in [4.69, 9.17) is 10.2 Å². The molecule has 4 heteroatoms. The molecule has 1 aromatic heterocycles. The lowest BCUT2D eigenvalue weighted by molar-refractivity contribution is 0.202. The van der Waals surface area contributed by atoms with Crippen LogP contribution in [0, 0.1) is 6.92 Å². The van der Waals surface area contributed by atoms with E-state index in [9.17, 15) is 4.79 Å². The number of aryl methyl sites for hydroxylation is 1. The molecule has 0 spiro atoms. The number of nitrogens with zero attached hydrogens (tertiary/aromatic N) is 1. The molecule has 2 heterocycles.